The molecule has 0 spiro atoms. The lowest BCUT2D eigenvalue weighted by molar-refractivity contribution is -0.137. The third-order valence-corrected chi connectivity index (χ3v) is 7.56. The third kappa shape index (κ3) is 6.09. The monoisotopic (exact) mass is 592 g/mol. The van der Waals surface area contributed by atoms with Gasteiger partial charge in [0.15, 0.2) is 0 Å². The molecule has 0 fully saturated rings. The predicted octanol–water partition coefficient (Wildman–Crippen LogP) is 7.84. The van der Waals surface area contributed by atoms with E-state index in [-0.39, 0.29) is 6.54 Å². The Labute approximate surface area is 237 Å². The molecule has 1 aliphatic rings. The fraction of sp³-hybridized carbons (Fsp3) is 0.214. The smallest absolute Gasteiger partial charge is 0.333 e. The van der Waals surface area contributed by atoms with Crippen LogP contribution in [0.4, 0.5) is 18.0 Å². The lowest BCUT2D eigenvalue weighted by Gasteiger charge is -2.27. The summed E-state index contributed by atoms with van der Waals surface area (Å²) in [4.78, 5) is 19.4. The number of pyridine rings is 1. The molecule has 0 radical (unpaired) electrons. The molecule has 2 aromatic heterocycles. The third-order valence-electron chi connectivity index (χ3n) is 6.61. The molecule has 0 saturated heterocycles. The molecule has 11 heteroatoms. The number of amides is 1. The van der Waals surface area contributed by atoms with Crippen LogP contribution in [0, 0.1) is 0 Å². The molecule has 0 bridgehead atoms. The molecule has 1 aliphatic heterocycles. The highest BCUT2D eigenvalue weighted by molar-refractivity contribution is 6.42. The van der Waals surface area contributed by atoms with Crippen molar-refractivity contribution in [2.24, 2.45) is 0 Å². The summed E-state index contributed by atoms with van der Waals surface area (Å²) < 4.78 is 42.2. The van der Waals surface area contributed by atoms with Gasteiger partial charge in [-0.2, -0.15) is 13.2 Å². The topological polar surface area (TPSA) is 50.2 Å². The average molecular weight is 594 g/mol. The predicted molar refractivity (Wildman–Crippen MR) is 148 cm³/mol. The Kier molecular flexibility index (Phi) is 7.91. The van der Waals surface area contributed by atoms with Crippen LogP contribution in [0.25, 0.3) is 17.0 Å². The standard InChI is InChI=1S/C28H22Cl3F3N4O/c29-22-5-3-17(12-23(22)30)2-1-10-37-11-8-25-21(16-37)20-14-19(28(32,33)34)4-6-24(20)38(25)27(39)36-15-18-7-9-35-26(31)13-18/h1-7,9,12-14H,8,10-11,15-16H2,(H,36,39). The summed E-state index contributed by atoms with van der Waals surface area (Å²) >= 11 is 18.0. The fourth-order valence-electron chi connectivity index (χ4n) is 4.74. The number of nitrogens with zero attached hydrogens (tertiary/aromatic N) is 3. The summed E-state index contributed by atoms with van der Waals surface area (Å²) in [7, 11) is 0. The first-order chi connectivity index (χ1) is 18.6. The van der Waals surface area contributed by atoms with Gasteiger partial charge in [0, 0.05) is 49.9 Å². The summed E-state index contributed by atoms with van der Waals surface area (Å²) in [5.41, 5.74) is 2.75. The van der Waals surface area contributed by atoms with Crippen LogP contribution in [-0.4, -0.2) is 33.6 Å². The van der Waals surface area contributed by atoms with Gasteiger partial charge in [-0.05, 0) is 59.2 Å². The number of halogens is 6. The highest BCUT2D eigenvalue weighted by Crippen LogP contribution is 2.36. The Hall–Kier alpha value is -3.04. The molecule has 1 N–H and O–H groups in total. The van der Waals surface area contributed by atoms with Gasteiger partial charge in [-0.25, -0.2) is 9.78 Å². The highest BCUT2D eigenvalue weighted by Gasteiger charge is 2.33. The normalized spacial score (nSPS) is 14.2. The molecule has 5 nitrogen and oxygen atoms in total. The summed E-state index contributed by atoms with van der Waals surface area (Å²) in [5, 5.41) is 4.51. The van der Waals surface area contributed by atoms with E-state index in [4.69, 9.17) is 34.8 Å². The number of benzene rings is 2. The van der Waals surface area contributed by atoms with Gasteiger partial charge in [-0.3, -0.25) is 9.47 Å². The van der Waals surface area contributed by atoms with Gasteiger partial charge in [0.25, 0.3) is 0 Å². The van der Waals surface area contributed by atoms with Crippen LogP contribution >= 0.6 is 34.8 Å². The minimum atomic E-state index is -4.50. The molecule has 1 amide bonds. The van der Waals surface area contributed by atoms with E-state index in [1.165, 1.54) is 10.6 Å². The number of aromatic nitrogens is 2. The lowest BCUT2D eigenvalue weighted by Crippen LogP contribution is -2.34. The molecular formula is C28H22Cl3F3N4O. The number of carbonyl (C=O) groups excluding carboxylic acids is 1. The van der Waals surface area contributed by atoms with Gasteiger partial charge < -0.3 is 5.32 Å². The van der Waals surface area contributed by atoms with E-state index in [1.54, 1.807) is 30.5 Å². The van der Waals surface area contributed by atoms with Crippen LogP contribution in [0.2, 0.25) is 15.2 Å². The number of carbonyl (C=O) groups is 1. The van der Waals surface area contributed by atoms with E-state index < -0.39 is 17.8 Å². The summed E-state index contributed by atoms with van der Waals surface area (Å²) in [6.45, 7) is 1.80. The van der Waals surface area contributed by atoms with Crippen LogP contribution in [-0.2, 0) is 25.7 Å². The summed E-state index contributed by atoms with van der Waals surface area (Å²) in [6, 6.07) is 11.8. The van der Waals surface area contributed by atoms with Gasteiger partial charge in [0.2, 0.25) is 0 Å². The largest absolute Gasteiger partial charge is 0.416 e. The van der Waals surface area contributed by atoms with Gasteiger partial charge in [0.05, 0.1) is 21.1 Å². The van der Waals surface area contributed by atoms with Gasteiger partial charge in [-0.15, -0.1) is 0 Å². The number of hydrogen-bond acceptors (Lipinski definition) is 3. The van der Waals surface area contributed by atoms with Crippen molar-refractivity contribution in [2.45, 2.75) is 25.7 Å². The van der Waals surface area contributed by atoms with Crippen molar-refractivity contribution in [2.75, 3.05) is 13.1 Å². The van der Waals surface area contributed by atoms with E-state index in [0.717, 1.165) is 23.3 Å². The SMILES string of the molecule is O=C(NCc1ccnc(Cl)c1)n1c2c(c3cc(C(F)(F)F)ccc31)CN(CC=Cc1ccc(Cl)c(Cl)c1)CC2. The maximum absolute atomic E-state index is 13.6. The van der Waals surface area contributed by atoms with E-state index in [1.807, 2.05) is 18.2 Å². The molecular weight excluding hydrogens is 572 g/mol. The number of nitrogens with one attached hydrogen (secondary N) is 1. The Morgan fingerprint density at radius 3 is 2.62 bits per heavy atom. The molecule has 4 aromatic rings. The molecule has 3 heterocycles. The highest BCUT2D eigenvalue weighted by atomic mass is 35.5. The van der Waals surface area contributed by atoms with Crippen molar-refractivity contribution in [3.63, 3.8) is 0 Å². The van der Waals surface area contributed by atoms with E-state index in [2.05, 4.69) is 15.2 Å². The quantitative estimate of drug-likeness (QED) is 0.240. The van der Waals surface area contributed by atoms with E-state index in [9.17, 15) is 18.0 Å². The minimum Gasteiger partial charge on any atom is -0.333 e. The van der Waals surface area contributed by atoms with Crippen molar-refractivity contribution >= 4 is 57.8 Å². The first-order valence-electron chi connectivity index (χ1n) is 12.1. The maximum Gasteiger partial charge on any atom is 0.416 e. The number of fused-ring (bicyclic) bond motifs is 3. The Morgan fingerprint density at radius 1 is 1.05 bits per heavy atom. The molecule has 0 aliphatic carbocycles. The molecule has 0 saturated carbocycles. The van der Waals surface area contributed by atoms with Gasteiger partial charge in [-0.1, -0.05) is 53.0 Å². The zero-order valence-corrected chi connectivity index (χ0v) is 22.7. The van der Waals surface area contributed by atoms with Crippen LogP contribution in [0.1, 0.15) is 27.9 Å². The minimum absolute atomic E-state index is 0.196. The van der Waals surface area contributed by atoms with Crippen molar-refractivity contribution in [3.8, 4) is 0 Å². The Balaban J connectivity index is 1.42. The molecule has 0 atom stereocenters. The van der Waals surface area contributed by atoms with Crippen molar-refractivity contribution < 1.29 is 18.0 Å². The average Bonchev–Trinajstić information content (AvgIpc) is 3.22. The zero-order chi connectivity index (χ0) is 27.7. The van der Waals surface area contributed by atoms with Crippen LogP contribution in [0.5, 0.6) is 0 Å². The van der Waals surface area contributed by atoms with Gasteiger partial charge >= 0.3 is 12.2 Å². The van der Waals surface area contributed by atoms with Crippen LogP contribution in [0.15, 0.2) is 60.8 Å². The molecule has 2 aromatic carbocycles. The second kappa shape index (κ2) is 11.2. The summed E-state index contributed by atoms with van der Waals surface area (Å²) in [6.07, 6.45) is 1.43. The maximum atomic E-state index is 13.6. The van der Waals surface area contributed by atoms with Crippen LogP contribution in [0.3, 0.4) is 0 Å². The molecule has 39 heavy (non-hydrogen) atoms. The van der Waals surface area contributed by atoms with E-state index in [0.29, 0.717) is 63.4 Å². The Morgan fingerprint density at radius 2 is 1.87 bits per heavy atom. The summed E-state index contributed by atoms with van der Waals surface area (Å²) in [5.74, 6) is 0. The molecule has 0 unspecified atom stereocenters. The number of rotatable bonds is 5. The zero-order valence-electron chi connectivity index (χ0n) is 20.4. The number of alkyl halides is 3. The Bertz CT molecular complexity index is 1580. The lowest BCUT2D eigenvalue weighted by atomic mass is 10.0. The van der Waals surface area contributed by atoms with Crippen molar-refractivity contribution in [1.29, 1.82) is 0 Å². The fourth-order valence-corrected chi connectivity index (χ4v) is 5.24. The molecule has 202 valence electrons. The number of hydrogen-bond donors (Lipinski definition) is 1. The second-order valence-electron chi connectivity index (χ2n) is 9.20. The van der Waals surface area contributed by atoms with Crippen LogP contribution < -0.4 is 5.32 Å². The van der Waals surface area contributed by atoms with Crippen molar-refractivity contribution in [3.05, 3.63) is 104 Å². The second-order valence-corrected chi connectivity index (χ2v) is 10.4. The van der Waals surface area contributed by atoms with E-state index >= 15 is 0 Å². The first kappa shape index (κ1) is 27.5. The van der Waals surface area contributed by atoms with Crippen molar-refractivity contribution in [1.82, 2.24) is 19.8 Å². The first-order valence-corrected chi connectivity index (χ1v) is 13.2. The molecule has 5 rings (SSSR count). The van der Waals surface area contributed by atoms with Gasteiger partial charge in [0.1, 0.15) is 5.15 Å².